The van der Waals surface area contributed by atoms with Gasteiger partial charge in [-0.3, -0.25) is 9.59 Å². The first-order valence-corrected chi connectivity index (χ1v) is 5.09. The van der Waals surface area contributed by atoms with Crippen LogP contribution in [-0.4, -0.2) is 28.4 Å². The number of carboxylic acid groups (broad SMARTS) is 1. The second kappa shape index (κ2) is 6.85. The molecule has 1 rings (SSSR count). The molecule has 0 aliphatic rings. The van der Waals surface area contributed by atoms with Gasteiger partial charge in [0.15, 0.2) is 0 Å². The highest BCUT2D eigenvalue weighted by Crippen LogP contribution is 2.16. The van der Waals surface area contributed by atoms with Crippen LogP contribution in [0.15, 0.2) is 35.5 Å². The molecule has 0 bridgehead atoms. The Morgan fingerprint density at radius 1 is 1.33 bits per heavy atom. The first-order chi connectivity index (χ1) is 8.63. The van der Waals surface area contributed by atoms with Crippen molar-refractivity contribution in [3.8, 4) is 0 Å². The van der Waals surface area contributed by atoms with Gasteiger partial charge >= 0.3 is 5.97 Å². The van der Waals surface area contributed by atoms with Crippen LogP contribution in [0.5, 0.6) is 0 Å². The van der Waals surface area contributed by atoms with Crippen LogP contribution in [0.2, 0.25) is 0 Å². The molecule has 0 atom stereocenters. The number of hydrogen-bond acceptors (Lipinski definition) is 4. The van der Waals surface area contributed by atoms with E-state index in [1.807, 2.05) is 0 Å². The van der Waals surface area contributed by atoms with E-state index in [1.54, 1.807) is 30.3 Å². The van der Waals surface area contributed by atoms with E-state index >= 15 is 0 Å². The fourth-order valence-electron chi connectivity index (χ4n) is 1.26. The zero-order chi connectivity index (χ0) is 13.4. The third kappa shape index (κ3) is 4.48. The van der Waals surface area contributed by atoms with E-state index in [4.69, 9.17) is 10.3 Å². The van der Waals surface area contributed by atoms with Crippen molar-refractivity contribution in [3.63, 3.8) is 0 Å². The summed E-state index contributed by atoms with van der Waals surface area (Å²) in [5, 5.41) is 21.8. The number of rotatable bonds is 5. The minimum Gasteiger partial charge on any atom is -0.481 e. The predicted octanol–water partition coefficient (Wildman–Crippen LogP) is 1.57. The second-order valence-corrected chi connectivity index (χ2v) is 3.32. The lowest BCUT2D eigenvalue weighted by atomic mass is 10.1. The number of nitrogens with one attached hydrogen (secondary N) is 1. The monoisotopic (exact) mass is 248 g/mol. The molecule has 0 spiro atoms. The lowest BCUT2D eigenvalue weighted by Crippen LogP contribution is -2.13. The molecule has 94 valence electrons. The highest BCUT2D eigenvalue weighted by atomic mass is 16.4. The summed E-state index contributed by atoms with van der Waals surface area (Å²) in [5.41, 5.74) is 1.17. The largest absolute Gasteiger partial charge is 0.481 e. The van der Waals surface area contributed by atoms with Gasteiger partial charge < -0.3 is 15.6 Å². The maximum Gasteiger partial charge on any atom is 0.307 e. The van der Waals surface area contributed by atoms with Gasteiger partial charge in [-0.1, -0.05) is 35.5 Å². The Labute approximate surface area is 103 Å². The molecule has 1 aromatic carbocycles. The van der Waals surface area contributed by atoms with Crippen molar-refractivity contribution >= 4 is 29.9 Å². The Kier molecular flexibility index (Phi) is 5.11. The minimum atomic E-state index is -0.930. The fraction of sp³-hybridized carbons (Fsp3) is 0.0833. The molecule has 0 aromatic heterocycles. The summed E-state index contributed by atoms with van der Waals surface area (Å²) in [6, 6.07) is 6.87. The number of nitrogens with zero attached hydrogens (tertiary/aromatic N) is 1. The molecular formula is C12H12N2O4. The molecule has 0 aliphatic heterocycles. The average molecular weight is 248 g/mol. The molecule has 6 heteroatoms. The molecule has 3 N–H and O–H groups in total. The third-order valence-electron chi connectivity index (χ3n) is 1.98. The van der Waals surface area contributed by atoms with Gasteiger partial charge in [0.2, 0.25) is 0 Å². The lowest BCUT2D eigenvalue weighted by molar-refractivity contribution is -0.136. The molecule has 0 radical (unpaired) electrons. The summed E-state index contributed by atoms with van der Waals surface area (Å²) in [6.07, 6.45) is 3.71. The second-order valence-electron chi connectivity index (χ2n) is 3.32. The molecule has 0 unspecified atom stereocenters. The zero-order valence-corrected chi connectivity index (χ0v) is 9.41. The number of hydrogen-bond donors (Lipinski definition) is 3. The van der Waals surface area contributed by atoms with Crippen molar-refractivity contribution in [2.24, 2.45) is 5.16 Å². The smallest absolute Gasteiger partial charge is 0.307 e. The van der Waals surface area contributed by atoms with Gasteiger partial charge in [0, 0.05) is 5.69 Å². The summed E-state index contributed by atoms with van der Waals surface area (Å²) in [4.78, 5) is 21.6. The molecule has 0 fully saturated rings. The molecule has 0 saturated heterocycles. The van der Waals surface area contributed by atoms with Gasteiger partial charge in [-0.25, -0.2) is 0 Å². The summed E-state index contributed by atoms with van der Waals surface area (Å²) < 4.78 is 0. The van der Waals surface area contributed by atoms with E-state index in [-0.39, 0.29) is 6.42 Å². The minimum absolute atomic E-state index is 0.0968. The number of benzene rings is 1. The Morgan fingerprint density at radius 2 is 2.06 bits per heavy atom. The normalized spacial score (nSPS) is 10.9. The van der Waals surface area contributed by atoms with Crippen molar-refractivity contribution < 1.29 is 19.9 Å². The van der Waals surface area contributed by atoms with Gasteiger partial charge in [-0.2, -0.15) is 0 Å². The summed E-state index contributed by atoms with van der Waals surface area (Å²) in [6.45, 7) is 0. The first-order valence-electron chi connectivity index (χ1n) is 5.09. The molecule has 0 saturated carbocycles. The number of oxime groups is 1. The van der Waals surface area contributed by atoms with Crippen molar-refractivity contribution in [1.29, 1.82) is 0 Å². The van der Waals surface area contributed by atoms with Crippen LogP contribution >= 0.6 is 0 Å². The topological polar surface area (TPSA) is 99.0 Å². The standard InChI is InChI=1S/C12H12N2O4/c15-11(8-13-18)14-10-6-2-1-4-9(10)5-3-7-12(16)17/h1-6,8,18H,7H2,(H,14,15)(H,16,17). The molecule has 1 amide bonds. The molecule has 0 heterocycles. The van der Waals surface area contributed by atoms with E-state index in [1.165, 1.54) is 6.08 Å². The van der Waals surface area contributed by atoms with Gasteiger partial charge in [-0.05, 0) is 11.6 Å². The van der Waals surface area contributed by atoms with Crippen LogP contribution < -0.4 is 5.32 Å². The fourth-order valence-corrected chi connectivity index (χ4v) is 1.26. The zero-order valence-electron chi connectivity index (χ0n) is 9.41. The van der Waals surface area contributed by atoms with Crippen molar-refractivity contribution in [2.45, 2.75) is 6.42 Å². The highest BCUT2D eigenvalue weighted by molar-refractivity contribution is 6.31. The highest BCUT2D eigenvalue weighted by Gasteiger charge is 2.02. The Balaban J connectivity index is 2.82. The van der Waals surface area contributed by atoms with Crippen molar-refractivity contribution in [3.05, 3.63) is 35.9 Å². The molecule has 1 aromatic rings. The number of aliphatic carboxylic acids is 1. The maximum atomic E-state index is 11.2. The SMILES string of the molecule is O=C(O)CC=Cc1ccccc1NC(=O)C=NO. The van der Waals surface area contributed by atoms with Crippen molar-refractivity contribution in [1.82, 2.24) is 0 Å². The van der Waals surface area contributed by atoms with Crippen LogP contribution in [0.4, 0.5) is 5.69 Å². The number of carbonyl (C=O) groups excluding carboxylic acids is 1. The Morgan fingerprint density at radius 3 is 2.72 bits per heavy atom. The van der Waals surface area contributed by atoms with E-state index < -0.39 is 11.9 Å². The molecular weight excluding hydrogens is 236 g/mol. The molecule has 0 aliphatic carbocycles. The van der Waals surface area contributed by atoms with Gasteiger partial charge in [0.05, 0.1) is 6.42 Å². The van der Waals surface area contributed by atoms with Crippen LogP contribution in [0.25, 0.3) is 6.08 Å². The number of amides is 1. The van der Waals surface area contributed by atoms with Crippen molar-refractivity contribution in [2.75, 3.05) is 5.32 Å². The summed E-state index contributed by atoms with van der Waals surface area (Å²) in [7, 11) is 0. The van der Waals surface area contributed by atoms with E-state index in [0.717, 1.165) is 6.21 Å². The third-order valence-corrected chi connectivity index (χ3v) is 1.98. The van der Waals surface area contributed by atoms with E-state index in [0.29, 0.717) is 11.3 Å². The van der Waals surface area contributed by atoms with Gasteiger partial charge in [0.25, 0.3) is 5.91 Å². The Bertz CT molecular complexity index is 495. The maximum absolute atomic E-state index is 11.2. The van der Waals surface area contributed by atoms with E-state index in [9.17, 15) is 9.59 Å². The first kappa shape index (κ1) is 13.4. The van der Waals surface area contributed by atoms with Gasteiger partial charge in [-0.15, -0.1) is 0 Å². The number of carboxylic acids is 1. The van der Waals surface area contributed by atoms with E-state index in [2.05, 4.69) is 10.5 Å². The Hall–Kier alpha value is -2.63. The number of para-hydroxylation sites is 1. The summed E-state index contributed by atoms with van der Waals surface area (Å²) >= 11 is 0. The van der Waals surface area contributed by atoms with Gasteiger partial charge in [0.1, 0.15) is 6.21 Å². The van der Waals surface area contributed by atoms with Crippen LogP contribution in [-0.2, 0) is 9.59 Å². The summed E-state index contributed by atoms with van der Waals surface area (Å²) in [5.74, 6) is -1.50. The predicted molar refractivity (Wildman–Crippen MR) is 66.6 cm³/mol. The lowest BCUT2D eigenvalue weighted by Gasteiger charge is -2.05. The quantitative estimate of drug-likeness (QED) is 0.418. The number of carbonyl (C=O) groups is 2. The molecule has 18 heavy (non-hydrogen) atoms. The molecule has 6 nitrogen and oxygen atoms in total. The van der Waals surface area contributed by atoms with Crippen LogP contribution in [0, 0.1) is 0 Å². The average Bonchev–Trinajstić information content (AvgIpc) is 2.31. The van der Waals surface area contributed by atoms with Crippen LogP contribution in [0.3, 0.4) is 0 Å². The van der Waals surface area contributed by atoms with Crippen LogP contribution in [0.1, 0.15) is 12.0 Å². The number of anilines is 1.